The zero-order valence-electron chi connectivity index (χ0n) is 19.9. The molecule has 178 valence electrons. The van der Waals surface area contributed by atoms with Crippen molar-refractivity contribution in [3.05, 3.63) is 90.5 Å². The van der Waals surface area contributed by atoms with Crippen LogP contribution in [-0.4, -0.2) is 19.2 Å². The van der Waals surface area contributed by atoms with E-state index in [1.807, 2.05) is 55.5 Å². The highest BCUT2D eigenvalue weighted by atomic mass is 16.5. The van der Waals surface area contributed by atoms with E-state index in [0.717, 1.165) is 35.1 Å². The standard InChI is InChI=1S/C29H28N2O4/c1-3-5-20-34-24-16-12-22(13-17-24)30-31-27-18-19-28(26-9-7-6-8-25(26)27)35-29(32)21-10-14-23(15-11-21)33-4-2/h6-19H,3-5,20H2,1-2H3. The van der Waals surface area contributed by atoms with Crippen molar-refractivity contribution < 1.29 is 19.0 Å². The number of esters is 1. The molecule has 0 aromatic heterocycles. The third-order valence-electron chi connectivity index (χ3n) is 5.34. The van der Waals surface area contributed by atoms with Gasteiger partial charge in [0.2, 0.25) is 0 Å². The molecule has 4 aromatic carbocycles. The zero-order chi connectivity index (χ0) is 24.5. The number of ether oxygens (including phenoxy) is 3. The second kappa shape index (κ2) is 11.8. The van der Waals surface area contributed by atoms with Crippen molar-refractivity contribution in [2.24, 2.45) is 10.2 Å². The summed E-state index contributed by atoms with van der Waals surface area (Å²) in [5.74, 6) is 1.56. The SMILES string of the molecule is CCCCOc1ccc(N=Nc2ccc(OC(=O)c3ccc(OCC)cc3)c3ccccc23)cc1. The number of rotatable bonds is 10. The highest BCUT2D eigenvalue weighted by Crippen LogP contribution is 2.34. The number of unbranched alkanes of at least 4 members (excludes halogenated alkanes) is 1. The molecule has 35 heavy (non-hydrogen) atoms. The number of fused-ring (bicyclic) bond motifs is 1. The Morgan fingerprint density at radius 2 is 1.43 bits per heavy atom. The Morgan fingerprint density at radius 1 is 0.743 bits per heavy atom. The molecule has 0 N–H and O–H groups in total. The molecule has 0 aliphatic rings. The van der Waals surface area contributed by atoms with Gasteiger partial charge in [-0.2, -0.15) is 5.11 Å². The number of benzene rings is 4. The van der Waals surface area contributed by atoms with Crippen LogP contribution >= 0.6 is 0 Å². The van der Waals surface area contributed by atoms with Crippen LogP contribution in [0, 0.1) is 0 Å². The summed E-state index contributed by atoms with van der Waals surface area (Å²) in [6.07, 6.45) is 2.12. The van der Waals surface area contributed by atoms with Crippen molar-refractivity contribution in [1.29, 1.82) is 0 Å². The van der Waals surface area contributed by atoms with E-state index in [4.69, 9.17) is 14.2 Å². The van der Waals surface area contributed by atoms with Gasteiger partial charge < -0.3 is 14.2 Å². The van der Waals surface area contributed by atoms with Crippen molar-refractivity contribution in [3.8, 4) is 17.2 Å². The first-order valence-corrected chi connectivity index (χ1v) is 11.8. The topological polar surface area (TPSA) is 69.5 Å². The lowest BCUT2D eigenvalue weighted by atomic mass is 10.1. The van der Waals surface area contributed by atoms with E-state index in [1.54, 1.807) is 36.4 Å². The fraction of sp³-hybridized carbons (Fsp3) is 0.207. The lowest BCUT2D eigenvalue weighted by molar-refractivity contribution is 0.0737. The van der Waals surface area contributed by atoms with E-state index < -0.39 is 5.97 Å². The van der Waals surface area contributed by atoms with E-state index >= 15 is 0 Å². The maximum absolute atomic E-state index is 12.7. The van der Waals surface area contributed by atoms with Crippen molar-refractivity contribution in [2.75, 3.05) is 13.2 Å². The number of carbonyl (C=O) groups excluding carboxylic acids is 1. The first kappa shape index (κ1) is 24.0. The number of hydrogen-bond acceptors (Lipinski definition) is 6. The van der Waals surface area contributed by atoms with Crippen molar-refractivity contribution in [2.45, 2.75) is 26.7 Å². The Morgan fingerprint density at radius 3 is 2.14 bits per heavy atom. The molecule has 0 radical (unpaired) electrons. The van der Waals surface area contributed by atoms with Gasteiger partial charge in [-0.25, -0.2) is 4.79 Å². The molecule has 0 spiro atoms. The highest BCUT2D eigenvalue weighted by molar-refractivity contribution is 5.99. The van der Waals surface area contributed by atoms with Gasteiger partial charge in [0.15, 0.2) is 0 Å². The van der Waals surface area contributed by atoms with Crippen LogP contribution in [0.3, 0.4) is 0 Å². The van der Waals surface area contributed by atoms with E-state index in [2.05, 4.69) is 17.2 Å². The quantitative estimate of drug-likeness (QED) is 0.102. The summed E-state index contributed by atoms with van der Waals surface area (Å²) in [7, 11) is 0. The molecule has 6 nitrogen and oxygen atoms in total. The van der Waals surface area contributed by atoms with Crippen LogP contribution in [-0.2, 0) is 0 Å². The Labute approximate surface area is 205 Å². The van der Waals surface area contributed by atoms with E-state index in [0.29, 0.717) is 36.0 Å². The molecule has 0 aliphatic carbocycles. The molecule has 4 aromatic rings. The minimum Gasteiger partial charge on any atom is -0.494 e. The lowest BCUT2D eigenvalue weighted by Crippen LogP contribution is -2.08. The average molecular weight is 469 g/mol. The number of carbonyl (C=O) groups is 1. The third-order valence-corrected chi connectivity index (χ3v) is 5.34. The fourth-order valence-corrected chi connectivity index (χ4v) is 3.50. The van der Waals surface area contributed by atoms with Gasteiger partial charge in [-0.05, 0) is 74.0 Å². The van der Waals surface area contributed by atoms with Gasteiger partial charge in [-0.15, -0.1) is 5.11 Å². The molecule has 0 saturated heterocycles. The molecule has 0 aliphatic heterocycles. The minimum atomic E-state index is -0.436. The van der Waals surface area contributed by atoms with Crippen LogP contribution in [0.4, 0.5) is 11.4 Å². The summed E-state index contributed by atoms with van der Waals surface area (Å²) in [6.45, 7) is 5.32. The van der Waals surface area contributed by atoms with Crippen LogP contribution < -0.4 is 14.2 Å². The predicted octanol–water partition coefficient (Wildman–Crippen LogP) is 8.05. The van der Waals surface area contributed by atoms with Gasteiger partial charge in [0, 0.05) is 10.8 Å². The van der Waals surface area contributed by atoms with Gasteiger partial charge in [0.1, 0.15) is 17.2 Å². The highest BCUT2D eigenvalue weighted by Gasteiger charge is 2.13. The van der Waals surface area contributed by atoms with Crippen molar-refractivity contribution >= 4 is 28.1 Å². The first-order valence-electron chi connectivity index (χ1n) is 11.8. The van der Waals surface area contributed by atoms with Crippen LogP contribution in [0.5, 0.6) is 17.2 Å². The minimum absolute atomic E-state index is 0.436. The third kappa shape index (κ3) is 6.23. The molecule has 0 unspecified atom stereocenters. The summed E-state index contributed by atoms with van der Waals surface area (Å²) in [5, 5.41) is 10.4. The fourth-order valence-electron chi connectivity index (χ4n) is 3.50. The van der Waals surface area contributed by atoms with Crippen LogP contribution in [0.1, 0.15) is 37.0 Å². The normalized spacial score (nSPS) is 11.0. The Kier molecular flexibility index (Phi) is 8.07. The number of nitrogens with zero attached hydrogens (tertiary/aromatic N) is 2. The van der Waals surface area contributed by atoms with Crippen molar-refractivity contribution in [1.82, 2.24) is 0 Å². The number of azo groups is 1. The molecule has 6 heteroatoms. The van der Waals surface area contributed by atoms with E-state index in [-0.39, 0.29) is 0 Å². The molecule has 0 bridgehead atoms. The molecular formula is C29H28N2O4. The first-order chi connectivity index (χ1) is 17.2. The molecule has 0 heterocycles. The lowest BCUT2D eigenvalue weighted by Gasteiger charge is -2.10. The Hall–Kier alpha value is -4.19. The van der Waals surface area contributed by atoms with E-state index in [9.17, 15) is 4.79 Å². The maximum atomic E-state index is 12.7. The van der Waals surface area contributed by atoms with Gasteiger partial charge in [0.05, 0.1) is 30.2 Å². The second-order valence-electron chi connectivity index (χ2n) is 7.87. The smallest absolute Gasteiger partial charge is 0.343 e. The second-order valence-corrected chi connectivity index (χ2v) is 7.87. The molecular weight excluding hydrogens is 440 g/mol. The molecule has 0 fully saturated rings. The number of hydrogen-bond donors (Lipinski definition) is 0. The Bertz CT molecular complexity index is 1300. The van der Waals surface area contributed by atoms with Crippen molar-refractivity contribution in [3.63, 3.8) is 0 Å². The van der Waals surface area contributed by atoms with Gasteiger partial charge in [0.25, 0.3) is 0 Å². The van der Waals surface area contributed by atoms with Gasteiger partial charge in [-0.3, -0.25) is 0 Å². The van der Waals surface area contributed by atoms with Crippen LogP contribution in [0.15, 0.2) is 95.2 Å². The Balaban J connectivity index is 1.51. The van der Waals surface area contributed by atoms with Crippen LogP contribution in [0.2, 0.25) is 0 Å². The van der Waals surface area contributed by atoms with E-state index in [1.165, 1.54) is 0 Å². The summed E-state index contributed by atoms with van der Waals surface area (Å²) in [4.78, 5) is 12.7. The molecule has 0 saturated carbocycles. The van der Waals surface area contributed by atoms with Gasteiger partial charge >= 0.3 is 5.97 Å². The summed E-state index contributed by atoms with van der Waals surface area (Å²) in [5.41, 5.74) is 1.86. The monoisotopic (exact) mass is 468 g/mol. The zero-order valence-corrected chi connectivity index (χ0v) is 19.9. The molecule has 0 atom stereocenters. The van der Waals surface area contributed by atoms with Crippen LogP contribution in [0.25, 0.3) is 10.8 Å². The molecule has 4 rings (SSSR count). The summed E-state index contributed by atoms with van der Waals surface area (Å²) < 4.78 is 16.8. The van der Waals surface area contributed by atoms with Gasteiger partial charge in [-0.1, -0.05) is 37.6 Å². The largest absolute Gasteiger partial charge is 0.494 e. The summed E-state index contributed by atoms with van der Waals surface area (Å²) in [6, 6.07) is 25.6. The summed E-state index contributed by atoms with van der Waals surface area (Å²) >= 11 is 0. The maximum Gasteiger partial charge on any atom is 0.343 e. The predicted molar refractivity (Wildman–Crippen MR) is 138 cm³/mol. The molecule has 0 amide bonds. The average Bonchev–Trinajstić information content (AvgIpc) is 2.90.